The van der Waals surface area contributed by atoms with E-state index >= 15 is 0 Å². The molecule has 2 aromatic carbocycles. The minimum atomic E-state index is -0.360. The van der Waals surface area contributed by atoms with Crippen LogP contribution in [0.4, 0.5) is 15.8 Å². The highest BCUT2D eigenvalue weighted by Crippen LogP contribution is 2.23. The van der Waals surface area contributed by atoms with Crippen LogP contribution in [0.1, 0.15) is 18.9 Å². The third-order valence-corrected chi connectivity index (χ3v) is 4.41. The van der Waals surface area contributed by atoms with E-state index in [4.69, 9.17) is 0 Å². The molecule has 0 atom stereocenters. The number of anilines is 2. The molecule has 0 saturated carbocycles. The molecular formula is C18H18BrFN2O2. The lowest BCUT2D eigenvalue weighted by Gasteiger charge is -2.21. The van der Waals surface area contributed by atoms with Crippen molar-refractivity contribution < 1.29 is 14.0 Å². The first-order valence-electron chi connectivity index (χ1n) is 7.46. The van der Waals surface area contributed by atoms with Crippen LogP contribution >= 0.6 is 15.9 Å². The molecule has 0 aliphatic carbocycles. The van der Waals surface area contributed by atoms with Gasteiger partial charge in [-0.25, -0.2) is 4.39 Å². The van der Waals surface area contributed by atoms with E-state index in [1.54, 1.807) is 4.90 Å². The molecule has 0 aliphatic rings. The van der Waals surface area contributed by atoms with Crippen LogP contribution in [0.3, 0.4) is 0 Å². The molecule has 0 saturated heterocycles. The Kier molecular flexibility index (Phi) is 6.09. The van der Waals surface area contributed by atoms with E-state index in [1.165, 1.54) is 31.2 Å². The second kappa shape index (κ2) is 8.06. The number of hydrogen-bond donors (Lipinski definition) is 1. The fourth-order valence-corrected chi connectivity index (χ4v) is 2.48. The van der Waals surface area contributed by atoms with Gasteiger partial charge in [0.15, 0.2) is 0 Å². The topological polar surface area (TPSA) is 49.4 Å². The summed E-state index contributed by atoms with van der Waals surface area (Å²) in [5, 5.41) is 2.68. The number of carbonyl (C=O) groups excluding carboxylic acids is 2. The first-order valence-corrected chi connectivity index (χ1v) is 8.26. The molecule has 4 nitrogen and oxygen atoms in total. The second-order valence-corrected chi connectivity index (χ2v) is 6.26. The Balaban J connectivity index is 2.00. The van der Waals surface area contributed by atoms with Gasteiger partial charge in [0.2, 0.25) is 11.8 Å². The number of rotatable bonds is 5. The van der Waals surface area contributed by atoms with E-state index in [0.29, 0.717) is 5.69 Å². The Bertz CT molecular complexity index is 747. The van der Waals surface area contributed by atoms with Crippen LogP contribution in [-0.4, -0.2) is 18.4 Å². The van der Waals surface area contributed by atoms with Crippen LogP contribution < -0.4 is 10.2 Å². The summed E-state index contributed by atoms with van der Waals surface area (Å²) in [5.41, 5.74) is 2.28. The molecule has 2 aromatic rings. The van der Waals surface area contributed by atoms with Crippen molar-refractivity contribution in [1.29, 1.82) is 0 Å². The average molecular weight is 393 g/mol. The second-order valence-electron chi connectivity index (χ2n) is 5.41. The quantitative estimate of drug-likeness (QED) is 0.825. The number of nitrogens with one attached hydrogen (secondary N) is 1. The zero-order valence-electron chi connectivity index (χ0n) is 13.5. The van der Waals surface area contributed by atoms with E-state index < -0.39 is 0 Å². The number of nitrogens with zero attached hydrogens (tertiary/aromatic N) is 1. The minimum absolute atomic E-state index is 0.133. The molecule has 2 amide bonds. The summed E-state index contributed by atoms with van der Waals surface area (Å²) in [5.74, 6) is -0.727. The van der Waals surface area contributed by atoms with Gasteiger partial charge in [0, 0.05) is 35.7 Å². The van der Waals surface area contributed by atoms with Crippen LogP contribution in [0, 0.1) is 12.7 Å². The van der Waals surface area contributed by atoms with Gasteiger partial charge < -0.3 is 10.2 Å². The maximum atomic E-state index is 12.9. The smallest absolute Gasteiger partial charge is 0.226 e. The summed E-state index contributed by atoms with van der Waals surface area (Å²) in [4.78, 5) is 25.5. The minimum Gasteiger partial charge on any atom is -0.326 e. The molecule has 1 N–H and O–H groups in total. The molecule has 0 fully saturated rings. The van der Waals surface area contributed by atoms with Gasteiger partial charge in [0.25, 0.3) is 0 Å². The zero-order chi connectivity index (χ0) is 17.7. The fourth-order valence-electron chi connectivity index (χ4n) is 2.24. The average Bonchev–Trinajstić information content (AvgIpc) is 2.53. The summed E-state index contributed by atoms with van der Waals surface area (Å²) in [6, 6.07) is 11.1. The molecule has 0 heterocycles. The lowest BCUT2D eigenvalue weighted by atomic mass is 10.2. The van der Waals surface area contributed by atoms with E-state index in [0.717, 1.165) is 15.7 Å². The molecule has 0 aromatic heterocycles. The van der Waals surface area contributed by atoms with Crippen molar-refractivity contribution in [3.05, 3.63) is 58.3 Å². The highest BCUT2D eigenvalue weighted by molar-refractivity contribution is 9.10. The Morgan fingerprint density at radius 1 is 1.17 bits per heavy atom. The highest BCUT2D eigenvalue weighted by Gasteiger charge is 2.14. The Morgan fingerprint density at radius 3 is 2.42 bits per heavy atom. The predicted octanol–water partition coefficient (Wildman–Crippen LogP) is 4.28. The van der Waals surface area contributed by atoms with Crippen molar-refractivity contribution in [2.45, 2.75) is 20.3 Å². The highest BCUT2D eigenvalue weighted by atomic mass is 79.9. The number of amides is 2. The molecular weight excluding hydrogens is 375 g/mol. The number of halogens is 2. The van der Waals surface area contributed by atoms with Crippen LogP contribution in [-0.2, 0) is 9.59 Å². The first-order chi connectivity index (χ1) is 11.4. The normalized spacial score (nSPS) is 10.3. The van der Waals surface area contributed by atoms with Gasteiger partial charge >= 0.3 is 0 Å². The van der Waals surface area contributed by atoms with Crippen LogP contribution in [0.2, 0.25) is 0 Å². The molecule has 0 aliphatic heterocycles. The van der Waals surface area contributed by atoms with Gasteiger partial charge in [0.1, 0.15) is 5.82 Å². The van der Waals surface area contributed by atoms with Gasteiger partial charge in [-0.3, -0.25) is 9.59 Å². The van der Waals surface area contributed by atoms with Crippen molar-refractivity contribution in [2.75, 3.05) is 16.8 Å². The van der Waals surface area contributed by atoms with Crippen molar-refractivity contribution in [3.8, 4) is 0 Å². The summed E-state index contributed by atoms with van der Waals surface area (Å²) >= 11 is 3.43. The zero-order valence-corrected chi connectivity index (χ0v) is 15.1. The van der Waals surface area contributed by atoms with Crippen LogP contribution in [0.5, 0.6) is 0 Å². The van der Waals surface area contributed by atoms with Crippen molar-refractivity contribution >= 4 is 39.1 Å². The largest absolute Gasteiger partial charge is 0.326 e. The molecule has 24 heavy (non-hydrogen) atoms. The van der Waals surface area contributed by atoms with Gasteiger partial charge in [-0.05, 0) is 55.0 Å². The van der Waals surface area contributed by atoms with Gasteiger partial charge in [-0.2, -0.15) is 0 Å². The standard InChI is InChI=1S/C18H18BrFN2O2/c1-12-11-16(7-8-17(12)19)22(13(2)23)10-9-18(24)21-15-5-3-14(20)4-6-15/h3-8,11H,9-10H2,1-2H3,(H,21,24). The molecule has 126 valence electrons. The molecule has 6 heteroatoms. The van der Waals surface area contributed by atoms with Crippen molar-refractivity contribution in [3.63, 3.8) is 0 Å². The lowest BCUT2D eigenvalue weighted by Crippen LogP contribution is -2.32. The van der Waals surface area contributed by atoms with Gasteiger partial charge in [0.05, 0.1) is 0 Å². The Hall–Kier alpha value is -2.21. The fraction of sp³-hybridized carbons (Fsp3) is 0.222. The Labute approximate surface area is 148 Å². The van der Waals surface area contributed by atoms with Crippen molar-refractivity contribution in [2.24, 2.45) is 0 Å². The third kappa shape index (κ3) is 4.89. The van der Waals surface area contributed by atoms with Crippen LogP contribution in [0.15, 0.2) is 46.9 Å². The monoisotopic (exact) mass is 392 g/mol. The predicted molar refractivity (Wildman–Crippen MR) is 96.6 cm³/mol. The third-order valence-electron chi connectivity index (χ3n) is 3.52. The first kappa shape index (κ1) is 18.1. The maximum absolute atomic E-state index is 12.9. The van der Waals surface area contributed by atoms with Crippen molar-refractivity contribution in [1.82, 2.24) is 0 Å². The van der Waals surface area contributed by atoms with E-state index in [9.17, 15) is 14.0 Å². The summed E-state index contributed by atoms with van der Waals surface area (Å²) in [6.45, 7) is 3.67. The number of carbonyl (C=O) groups is 2. The number of hydrogen-bond acceptors (Lipinski definition) is 2. The summed E-state index contributed by atoms with van der Waals surface area (Å²) < 4.78 is 13.8. The van der Waals surface area contributed by atoms with E-state index in [-0.39, 0.29) is 30.6 Å². The number of benzene rings is 2. The van der Waals surface area contributed by atoms with Gasteiger partial charge in [-0.15, -0.1) is 0 Å². The SMILES string of the molecule is CC(=O)N(CCC(=O)Nc1ccc(F)cc1)c1ccc(Br)c(C)c1. The molecule has 0 spiro atoms. The molecule has 2 rings (SSSR count). The van der Waals surface area contributed by atoms with Crippen LogP contribution in [0.25, 0.3) is 0 Å². The molecule has 0 bridgehead atoms. The Morgan fingerprint density at radius 2 is 1.83 bits per heavy atom. The van der Waals surface area contributed by atoms with E-state index in [2.05, 4.69) is 21.2 Å². The molecule has 0 radical (unpaired) electrons. The number of aryl methyl sites for hydroxylation is 1. The maximum Gasteiger partial charge on any atom is 0.226 e. The lowest BCUT2D eigenvalue weighted by molar-refractivity contribution is -0.117. The summed E-state index contributed by atoms with van der Waals surface area (Å²) in [7, 11) is 0. The molecule has 0 unspecified atom stereocenters. The van der Waals surface area contributed by atoms with Gasteiger partial charge in [-0.1, -0.05) is 15.9 Å². The summed E-state index contributed by atoms with van der Waals surface area (Å²) in [6.07, 6.45) is 0.145. The van der Waals surface area contributed by atoms with E-state index in [1.807, 2.05) is 25.1 Å².